The van der Waals surface area contributed by atoms with Gasteiger partial charge in [-0.25, -0.2) is 4.79 Å². The Kier molecular flexibility index (Phi) is 6.00. The number of carbonyl (C=O) groups excluding carboxylic acids is 2. The molecule has 2 saturated heterocycles. The molecule has 2 amide bonds. The highest BCUT2D eigenvalue weighted by atomic mass is 16.5. The predicted octanol–water partition coefficient (Wildman–Crippen LogP) is 3.15. The molecular formula is C26H28N2O6. The van der Waals surface area contributed by atoms with Crippen LogP contribution in [0.5, 0.6) is 0 Å². The molecule has 0 aromatic heterocycles. The summed E-state index contributed by atoms with van der Waals surface area (Å²) in [6, 6.07) is 15.1. The SMILES string of the molecule is O=C(O)CCC(NC(=O)OCC1c2ccccc2-c2ccccc21)C(=O)N1CC2(CCCO2)C1. The highest BCUT2D eigenvalue weighted by Crippen LogP contribution is 2.44. The third-order valence-electron chi connectivity index (χ3n) is 7.04. The molecule has 1 unspecified atom stereocenters. The van der Waals surface area contributed by atoms with Gasteiger partial charge in [0.2, 0.25) is 5.91 Å². The number of alkyl carbamates (subject to hydrolysis) is 1. The summed E-state index contributed by atoms with van der Waals surface area (Å²) in [6.07, 6.45) is 0.940. The van der Waals surface area contributed by atoms with Crippen LogP contribution in [-0.2, 0) is 19.1 Å². The summed E-state index contributed by atoms with van der Waals surface area (Å²) in [6.45, 7) is 1.77. The molecule has 0 radical (unpaired) electrons. The summed E-state index contributed by atoms with van der Waals surface area (Å²) in [5.74, 6) is -1.41. The van der Waals surface area contributed by atoms with Gasteiger partial charge in [-0.1, -0.05) is 48.5 Å². The van der Waals surface area contributed by atoms with Crippen molar-refractivity contribution in [2.75, 3.05) is 26.3 Å². The van der Waals surface area contributed by atoms with Gasteiger partial charge in [-0.2, -0.15) is 0 Å². The number of nitrogens with zero attached hydrogens (tertiary/aromatic N) is 1. The maximum absolute atomic E-state index is 13.0. The van der Waals surface area contributed by atoms with Crippen molar-refractivity contribution >= 4 is 18.0 Å². The van der Waals surface area contributed by atoms with Crippen LogP contribution in [0.15, 0.2) is 48.5 Å². The Morgan fingerprint density at radius 2 is 1.74 bits per heavy atom. The van der Waals surface area contributed by atoms with Crippen LogP contribution in [0.25, 0.3) is 11.1 Å². The van der Waals surface area contributed by atoms with Crippen molar-refractivity contribution in [3.05, 3.63) is 59.7 Å². The summed E-state index contributed by atoms with van der Waals surface area (Å²) in [7, 11) is 0. The summed E-state index contributed by atoms with van der Waals surface area (Å²) in [5, 5.41) is 11.7. The van der Waals surface area contributed by atoms with Gasteiger partial charge < -0.3 is 24.8 Å². The quantitative estimate of drug-likeness (QED) is 0.652. The van der Waals surface area contributed by atoms with Gasteiger partial charge in [0.1, 0.15) is 18.2 Å². The molecule has 178 valence electrons. The molecule has 1 atom stereocenters. The molecule has 8 heteroatoms. The number of ether oxygens (including phenoxy) is 2. The first-order chi connectivity index (χ1) is 16.5. The van der Waals surface area contributed by atoms with Crippen molar-refractivity contribution in [3.8, 4) is 11.1 Å². The molecule has 0 bridgehead atoms. The molecule has 2 aliphatic heterocycles. The number of carboxylic acid groups (broad SMARTS) is 1. The van der Waals surface area contributed by atoms with Crippen LogP contribution in [0.1, 0.15) is 42.7 Å². The first-order valence-corrected chi connectivity index (χ1v) is 11.7. The second-order valence-electron chi connectivity index (χ2n) is 9.28. The molecule has 0 saturated carbocycles. The van der Waals surface area contributed by atoms with E-state index in [1.165, 1.54) is 0 Å². The van der Waals surface area contributed by atoms with Crippen molar-refractivity contribution in [2.24, 2.45) is 0 Å². The van der Waals surface area contributed by atoms with Crippen molar-refractivity contribution in [3.63, 3.8) is 0 Å². The van der Waals surface area contributed by atoms with Gasteiger partial charge >= 0.3 is 12.1 Å². The highest BCUT2D eigenvalue weighted by molar-refractivity contribution is 5.87. The number of amides is 2. The zero-order valence-electron chi connectivity index (χ0n) is 18.9. The van der Waals surface area contributed by atoms with Crippen LogP contribution in [0.2, 0.25) is 0 Å². The van der Waals surface area contributed by atoms with Gasteiger partial charge in [0.05, 0.1) is 13.1 Å². The Morgan fingerprint density at radius 3 is 2.32 bits per heavy atom. The Hall–Kier alpha value is -3.39. The van der Waals surface area contributed by atoms with Gasteiger partial charge in [-0.15, -0.1) is 0 Å². The number of carboxylic acids is 1. The highest BCUT2D eigenvalue weighted by Gasteiger charge is 2.49. The fourth-order valence-corrected chi connectivity index (χ4v) is 5.34. The number of rotatable bonds is 7. The minimum atomic E-state index is -1.02. The average Bonchev–Trinajstić information content (AvgIpc) is 3.43. The number of aliphatic carboxylic acids is 1. The molecule has 2 aromatic carbocycles. The lowest BCUT2D eigenvalue weighted by Crippen LogP contribution is -2.66. The molecule has 2 aromatic rings. The Bertz CT molecular complexity index is 1060. The number of carbonyl (C=O) groups is 3. The summed E-state index contributed by atoms with van der Waals surface area (Å²) in [5.41, 5.74) is 4.18. The van der Waals surface area contributed by atoms with E-state index >= 15 is 0 Å². The molecule has 2 heterocycles. The Balaban J connectivity index is 1.22. The van der Waals surface area contributed by atoms with Gasteiger partial charge in [0.15, 0.2) is 0 Å². The number of hydrogen-bond donors (Lipinski definition) is 2. The second kappa shape index (κ2) is 9.10. The van der Waals surface area contributed by atoms with Crippen LogP contribution in [0, 0.1) is 0 Å². The van der Waals surface area contributed by atoms with Crippen LogP contribution in [-0.4, -0.2) is 65.9 Å². The van der Waals surface area contributed by atoms with Crippen LogP contribution in [0.4, 0.5) is 4.79 Å². The minimum Gasteiger partial charge on any atom is -0.481 e. The average molecular weight is 465 g/mol. The van der Waals surface area contributed by atoms with Gasteiger partial charge in [-0.05, 0) is 41.5 Å². The van der Waals surface area contributed by atoms with E-state index in [1.54, 1.807) is 4.90 Å². The molecule has 3 aliphatic rings. The van der Waals surface area contributed by atoms with E-state index in [9.17, 15) is 14.4 Å². The Labute approximate surface area is 197 Å². The van der Waals surface area contributed by atoms with Crippen LogP contribution >= 0.6 is 0 Å². The van der Waals surface area contributed by atoms with Gasteiger partial charge in [-0.3, -0.25) is 9.59 Å². The van der Waals surface area contributed by atoms with Crippen molar-refractivity contribution in [1.29, 1.82) is 0 Å². The number of likely N-dealkylation sites (tertiary alicyclic amines) is 1. The Morgan fingerprint density at radius 1 is 1.09 bits per heavy atom. The normalized spacial score (nSPS) is 18.6. The molecule has 34 heavy (non-hydrogen) atoms. The first-order valence-electron chi connectivity index (χ1n) is 11.7. The monoisotopic (exact) mass is 464 g/mol. The number of benzene rings is 2. The maximum Gasteiger partial charge on any atom is 0.407 e. The van der Waals surface area contributed by atoms with E-state index < -0.39 is 18.1 Å². The zero-order chi connectivity index (χ0) is 23.7. The van der Waals surface area contributed by atoms with Gasteiger partial charge in [0.25, 0.3) is 0 Å². The van der Waals surface area contributed by atoms with E-state index in [-0.39, 0.29) is 36.9 Å². The number of nitrogens with one attached hydrogen (secondary N) is 1. The zero-order valence-corrected chi connectivity index (χ0v) is 18.9. The number of hydrogen-bond acceptors (Lipinski definition) is 5. The van der Waals surface area contributed by atoms with Crippen molar-refractivity contribution in [2.45, 2.75) is 43.2 Å². The first kappa shape index (κ1) is 22.4. The lowest BCUT2D eigenvalue weighted by atomic mass is 9.90. The lowest BCUT2D eigenvalue weighted by molar-refractivity contribution is -0.160. The lowest BCUT2D eigenvalue weighted by Gasteiger charge is -2.48. The smallest absolute Gasteiger partial charge is 0.407 e. The molecule has 2 N–H and O–H groups in total. The standard InChI is InChI=1S/C26H28N2O6/c29-23(30)11-10-22(24(31)28-15-26(16-28)12-5-13-34-26)27-25(32)33-14-21-19-8-3-1-6-17(19)18-7-2-4-9-20(18)21/h1-4,6-9,21-22H,5,10-16H2,(H,27,32)(H,29,30). The molecule has 2 fully saturated rings. The fraction of sp³-hybridized carbons (Fsp3) is 0.423. The second-order valence-corrected chi connectivity index (χ2v) is 9.28. The van der Waals surface area contributed by atoms with E-state index in [4.69, 9.17) is 14.6 Å². The third-order valence-corrected chi connectivity index (χ3v) is 7.04. The van der Waals surface area contributed by atoms with E-state index in [2.05, 4.69) is 17.4 Å². The van der Waals surface area contributed by atoms with Crippen LogP contribution in [0.3, 0.4) is 0 Å². The summed E-state index contributed by atoms with van der Waals surface area (Å²) in [4.78, 5) is 38.4. The molecule has 1 aliphatic carbocycles. The van der Waals surface area contributed by atoms with Crippen LogP contribution < -0.4 is 5.32 Å². The molecule has 1 spiro atoms. The largest absolute Gasteiger partial charge is 0.481 e. The molecule has 8 nitrogen and oxygen atoms in total. The minimum absolute atomic E-state index is 0.00270. The number of fused-ring (bicyclic) bond motifs is 3. The maximum atomic E-state index is 13.0. The van der Waals surface area contributed by atoms with E-state index in [0.29, 0.717) is 19.7 Å². The third kappa shape index (κ3) is 4.25. The molecule has 5 rings (SSSR count). The summed E-state index contributed by atoms with van der Waals surface area (Å²) >= 11 is 0. The van der Waals surface area contributed by atoms with E-state index in [1.807, 2.05) is 36.4 Å². The van der Waals surface area contributed by atoms with Crippen molar-refractivity contribution in [1.82, 2.24) is 10.2 Å². The molecular weight excluding hydrogens is 436 g/mol. The van der Waals surface area contributed by atoms with Crippen molar-refractivity contribution < 1.29 is 29.0 Å². The van der Waals surface area contributed by atoms with E-state index in [0.717, 1.165) is 35.1 Å². The summed E-state index contributed by atoms with van der Waals surface area (Å²) < 4.78 is 11.3. The predicted molar refractivity (Wildman–Crippen MR) is 123 cm³/mol. The topological polar surface area (TPSA) is 105 Å². The fourth-order valence-electron chi connectivity index (χ4n) is 5.34. The van der Waals surface area contributed by atoms with Gasteiger partial charge in [0, 0.05) is 18.9 Å².